The van der Waals surface area contributed by atoms with Gasteiger partial charge in [0.05, 0.1) is 6.61 Å². The monoisotopic (exact) mass is 256 g/mol. The minimum Gasteiger partial charge on any atom is -0.383 e. The maximum atomic E-state index is 12.6. The number of amides is 1. The summed E-state index contributed by atoms with van der Waals surface area (Å²) in [4.78, 5) is 14.5. The fourth-order valence-electron chi connectivity index (χ4n) is 2.91. The van der Waals surface area contributed by atoms with Crippen LogP contribution in [0.4, 0.5) is 0 Å². The number of carbonyl (C=O) groups is 1. The third kappa shape index (κ3) is 4.25. The van der Waals surface area contributed by atoms with Gasteiger partial charge in [-0.2, -0.15) is 0 Å². The van der Waals surface area contributed by atoms with Crippen molar-refractivity contribution in [2.45, 2.75) is 52.1 Å². The molecule has 0 aromatic rings. The van der Waals surface area contributed by atoms with Gasteiger partial charge in [-0.3, -0.25) is 4.79 Å². The Bertz CT molecular complexity index is 259. The van der Waals surface area contributed by atoms with Crippen molar-refractivity contribution in [3.63, 3.8) is 0 Å². The molecular weight excluding hydrogens is 228 g/mol. The number of nitrogens with two attached hydrogens (primary N) is 1. The highest BCUT2D eigenvalue weighted by atomic mass is 16.5. The molecule has 4 nitrogen and oxygen atoms in total. The van der Waals surface area contributed by atoms with Crippen molar-refractivity contribution >= 4 is 5.91 Å². The molecule has 0 bridgehead atoms. The summed E-state index contributed by atoms with van der Waals surface area (Å²) in [5, 5.41) is 0. The van der Waals surface area contributed by atoms with Gasteiger partial charge >= 0.3 is 0 Å². The van der Waals surface area contributed by atoms with Crippen LogP contribution in [0.1, 0.15) is 40.0 Å². The Labute approximate surface area is 111 Å². The molecule has 0 radical (unpaired) electrons. The molecule has 0 aromatic carbocycles. The number of nitrogens with zero attached hydrogens (tertiary/aromatic N) is 1. The first kappa shape index (κ1) is 15.4. The van der Waals surface area contributed by atoms with Crippen molar-refractivity contribution in [2.75, 3.05) is 20.3 Å². The standard InChI is InChI=1S/C14H28N2O2/c1-10(2)16(5-6-18-4)14(17)12-7-11(3)8-13(15)9-12/h10-13H,5-9,15H2,1-4H3. The Balaban J connectivity index is 2.63. The number of hydrogen-bond acceptors (Lipinski definition) is 3. The van der Waals surface area contributed by atoms with E-state index in [-0.39, 0.29) is 23.9 Å². The van der Waals surface area contributed by atoms with E-state index in [1.807, 2.05) is 4.90 Å². The van der Waals surface area contributed by atoms with E-state index in [2.05, 4.69) is 20.8 Å². The Kier molecular flexibility index (Phi) is 6.09. The van der Waals surface area contributed by atoms with Crippen molar-refractivity contribution in [3.8, 4) is 0 Å². The van der Waals surface area contributed by atoms with Crippen molar-refractivity contribution < 1.29 is 9.53 Å². The van der Waals surface area contributed by atoms with E-state index in [1.54, 1.807) is 7.11 Å². The van der Waals surface area contributed by atoms with Crippen LogP contribution < -0.4 is 5.73 Å². The zero-order valence-electron chi connectivity index (χ0n) is 12.2. The summed E-state index contributed by atoms with van der Waals surface area (Å²) in [6, 6.07) is 0.403. The summed E-state index contributed by atoms with van der Waals surface area (Å²) in [7, 11) is 1.67. The first-order valence-corrected chi connectivity index (χ1v) is 7.00. The molecule has 0 spiro atoms. The summed E-state index contributed by atoms with van der Waals surface area (Å²) in [5.41, 5.74) is 6.03. The predicted molar refractivity (Wildman–Crippen MR) is 73.2 cm³/mol. The van der Waals surface area contributed by atoms with Crippen LogP contribution in [0.2, 0.25) is 0 Å². The lowest BCUT2D eigenvalue weighted by atomic mass is 9.79. The van der Waals surface area contributed by atoms with Crippen molar-refractivity contribution in [2.24, 2.45) is 17.6 Å². The van der Waals surface area contributed by atoms with Crippen LogP contribution in [0, 0.1) is 11.8 Å². The third-order valence-electron chi connectivity index (χ3n) is 3.77. The van der Waals surface area contributed by atoms with E-state index >= 15 is 0 Å². The molecule has 4 heteroatoms. The fourth-order valence-corrected chi connectivity index (χ4v) is 2.91. The summed E-state index contributed by atoms with van der Waals surface area (Å²) < 4.78 is 5.08. The number of rotatable bonds is 5. The van der Waals surface area contributed by atoms with Crippen molar-refractivity contribution in [3.05, 3.63) is 0 Å². The van der Waals surface area contributed by atoms with Gasteiger partial charge in [-0.05, 0) is 39.0 Å². The summed E-state index contributed by atoms with van der Waals surface area (Å²) in [6.07, 6.45) is 2.85. The summed E-state index contributed by atoms with van der Waals surface area (Å²) in [6.45, 7) is 7.57. The molecule has 1 fully saturated rings. The molecule has 3 atom stereocenters. The zero-order valence-corrected chi connectivity index (χ0v) is 12.2. The van der Waals surface area contributed by atoms with Gasteiger partial charge in [-0.1, -0.05) is 6.92 Å². The number of methoxy groups -OCH3 is 1. The number of ether oxygens (including phenoxy) is 1. The quantitative estimate of drug-likeness (QED) is 0.813. The van der Waals surface area contributed by atoms with E-state index in [4.69, 9.17) is 10.5 Å². The molecule has 1 amide bonds. The summed E-state index contributed by atoms with van der Waals surface area (Å²) in [5.74, 6) is 0.909. The van der Waals surface area contributed by atoms with Gasteiger partial charge < -0.3 is 15.4 Å². The molecule has 2 N–H and O–H groups in total. The number of hydrogen-bond donors (Lipinski definition) is 1. The minimum atomic E-state index is 0.100. The molecule has 1 aliphatic carbocycles. The highest BCUT2D eigenvalue weighted by Crippen LogP contribution is 2.29. The Hall–Kier alpha value is -0.610. The van der Waals surface area contributed by atoms with Crippen LogP contribution in [0.5, 0.6) is 0 Å². The van der Waals surface area contributed by atoms with Crippen molar-refractivity contribution in [1.82, 2.24) is 4.90 Å². The van der Waals surface area contributed by atoms with Gasteiger partial charge in [0.2, 0.25) is 5.91 Å². The normalized spacial score (nSPS) is 28.4. The van der Waals surface area contributed by atoms with E-state index in [0.717, 1.165) is 19.3 Å². The molecule has 3 unspecified atom stereocenters. The lowest BCUT2D eigenvalue weighted by Gasteiger charge is -2.35. The molecule has 1 aliphatic rings. The largest absolute Gasteiger partial charge is 0.383 e. The Morgan fingerprint density at radius 3 is 2.56 bits per heavy atom. The fraction of sp³-hybridized carbons (Fsp3) is 0.929. The van der Waals surface area contributed by atoms with E-state index in [0.29, 0.717) is 19.1 Å². The average Bonchev–Trinajstić information content (AvgIpc) is 2.27. The molecule has 106 valence electrons. The summed E-state index contributed by atoms with van der Waals surface area (Å²) >= 11 is 0. The van der Waals surface area contributed by atoms with Crippen LogP contribution in [-0.4, -0.2) is 43.2 Å². The molecule has 0 heterocycles. The molecular formula is C14H28N2O2. The predicted octanol–water partition coefficient (Wildman–Crippen LogP) is 1.63. The molecule has 0 aromatic heterocycles. The van der Waals surface area contributed by atoms with Crippen LogP contribution >= 0.6 is 0 Å². The smallest absolute Gasteiger partial charge is 0.226 e. The first-order valence-electron chi connectivity index (χ1n) is 7.00. The van der Waals surface area contributed by atoms with Gasteiger partial charge in [0.25, 0.3) is 0 Å². The second kappa shape index (κ2) is 7.10. The zero-order chi connectivity index (χ0) is 13.7. The second-order valence-corrected chi connectivity index (χ2v) is 5.89. The third-order valence-corrected chi connectivity index (χ3v) is 3.77. The second-order valence-electron chi connectivity index (χ2n) is 5.89. The highest BCUT2D eigenvalue weighted by molar-refractivity contribution is 5.79. The molecule has 0 saturated heterocycles. The minimum absolute atomic E-state index is 0.100. The SMILES string of the molecule is COCCN(C(=O)C1CC(C)CC(N)C1)C(C)C. The first-order chi connectivity index (χ1) is 8.45. The van der Waals surface area contributed by atoms with E-state index < -0.39 is 0 Å². The topological polar surface area (TPSA) is 55.6 Å². The van der Waals surface area contributed by atoms with Gasteiger partial charge in [0.1, 0.15) is 0 Å². The van der Waals surface area contributed by atoms with Gasteiger partial charge in [-0.15, -0.1) is 0 Å². The van der Waals surface area contributed by atoms with Crippen LogP contribution in [-0.2, 0) is 9.53 Å². The van der Waals surface area contributed by atoms with Crippen molar-refractivity contribution in [1.29, 1.82) is 0 Å². The number of carbonyl (C=O) groups excluding carboxylic acids is 1. The van der Waals surface area contributed by atoms with E-state index in [9.17, 15) is 4.79 Å². The lowest BCUT2D eigenvalue weighted by molar-refractivity contribution is -0.139. The molecule has 0 aliphatic heterocycles. The van der Waals surface area contributed by atoms with Gasteiger partial charge in [0, 0.05) is 31.7 Å². The van der Waals surface area contributed by atoms with Crippen LogP contribution in [0.15, 0.2) is 0 Å². The van der Waals surface area contributed by atoms with Gasteiger partial charge in [0.15, 0.2) is 0 Å². The maximum absolute atomic E-state index is 12.6. The Morgan fingerprint density at radius 2 is 2.06 bits per heavy atom. The molecule has 1 rings (SSSR count). The molecule has 18 heavy (non-hydrogen) atoms. The van der Waals surface area contributed by atoms with E-state index in [1.165, 1.54) is 0 Å². The van der Waals surface area contributed by atoms with Crippen LogP contribution in [0.3, 0.4) is 0 Å². The lowest BCUT2D eigenvalue weighted by Crippen LogP contribution is -2.46. The average molecular weight is 256 g/mol. The van der Waals surface area contributed by atoms with Gasteiger partial charge in [-0.25, -0.2) is 0 Å². The molecule has 1 saturated carbocycles. The highest BCUT2D eigenvalue weighted by Gasteiger charge is 2.32. The maximum Gasteiger partial charge on any atom is 0.226 e. The van der Waals surface area contributed by atoms with Crippen LogP contribution in [0.25, 0.3) is 0 Å². The Morgan fingerprint density at radius 1 is 1.39 bits per heavy atom.